The third kappa shape index (κ3) is 3.53. The lowest BCUT2D eigenvalue weighted by Crippen LogP contribution is -2.53. The molecule has 1 fully saturated rings. The number of carbonyl (C=O) groups is 1. The first-order chi connectivity index (χ1) is 9.94. The molecule has 0 saturated heterocycles. The summed E-state index contributed by atoms with van der Waals surface area (Å²) in [7, 11) is 4.12. The van der Waals surface area contributed by atoms with Crippen molar-refractivity contribution in [3.63, 3.8) is 0 Å². The zero-order valence-electron chi connectivity index (χ0n) is 12.8. The van der Waals surface area contributed by atoms with Crippen molar-refractivity contribution in [3.8, 4) is 0 Å². The number of hydrogen-bond donors (Lipinski definition) is 2. The number of hydrogen-bond acceptors (Lipinski definition) is 3. The maximum atomic E-state index is 13.0. The Morgan fingerprint density at radius 2 is 2.00 bits per heavy atom. The molecule has 0 spiro atoms. The Morgan fingerprint density at radius 3 is 2.57 bits per heavy atom. The van der Waals surface area contributed by atoms with Gasteiger partial charge >= 0.3 is 0 Å². The Kier molecular flexibility index (Phi) is 4.83. The molecule has 0 atom stereocenters. The van der Waals surface area contributed by atoms with Crippen LogP contribution in [0.2, 0.25) is 0 Å². The Morgan fingerprint density at radius 1 is 1.33 bits per heavy atom. The van der Waals surface area contributed by atoms with Crippen LogP contribution >= 0.6 is 0 Å². The zero-order chi connectivity index (χ0) is 15.5. The van der Waals surface area contributed by atoms with E-state index in [4.69, 9.17) is 5.73 Å². The van der Waals surface area contributed by atoms with Crippen molar-refractivity contribution in [2.75, 3.05) is 26.4 Å². The number of nitrogens with zero attached hydrogens (tertiary/aromatic N) is 1. The molecule has 3 N–H and O–H groups in total. The molecule has 5 heteroatoms. The summed E-state index contributed by atoms with van der Waals surface area (Å²) in [5.74, 6) is -0.666. The van der Waals surface area contributed by atoms with Gasteiger partial charge in [-0.1, -0.05) is 19.3 Å². The summed E-state index contributed by atoms with van der Waals surface area (Å²) in [6.07, 6.45) is 5.80. The highest BCUT2D eigenvalue weighted by Gasteiger charge is 2.34. The van der Waals surface area contributed by atoms with Gasteiger partial charge in [0.2, 0.25) is 0 Å². The Labute approximate surface area is 125 Å². The van der Waals surface area contributed by atoms with Crippen molar-refractivity contribution in [3.05, 3.63) is 29.6 Å². The van der Waals surface area contributed by atoms with Crippen LogP contribution in [0.4, 0.5) is 10.1 Å². The van der Waals surface area contributed by atoms with Crippen molar-refractivity contribution in [1.29, 1.82) is 0 Å². The van der Waals surface area contributed by atoms with Gasteiger partial charge in [0, 0.05) is 17.8 Å². The van der Waals surface area contributed by atoms with Crippen molar-refractivity contribution in [2.45, 2.75) is 37.6 Å². The van der Waals surface area contributed by atoms with E-state index in [0.717, 1.165) is 12.8 Å². The van der Waals surface area contributed by atoms with Crippen LogP contribution in [0.1, 0.15) is 42.5 Å². The van der Waals surface area contributed by atoms with Crippen LogP contribution in [0.15, 0.2) is 18.2 Å². The summed E-state index contributed by atoms with van der Waals surface area (Å²) >= 11 is 0. The fourth-order valence-electron chi connectivity index (χ4n) is 3.07. The van der Waals surface area contributed by atoms with Crippen LogP contribution in [-0.4, -0.2) is 37.0 Å². The van der Waals surface area contributed by atoms with Crippen LogP contribution in [0, 0.1) is 5.82 Å². The first-order valence-corrected chi connectivity index (χ1v) is 7.45. The monoisotopic (exact) mass is 293 g/mol. The smallest absolute Gasteiger partial charge is 0.253 e. The molecule has 0 unspecified atom stereocenters. The lowest BCUT2D eigenvalue weighted by atomic mass is 9.80. The molecule has 0 radical (unpaired) electrons. The molecule has 0 bridgehead atoms. The van der Waals surface area contributed by atoms with Crippen molar-refractivity contribution < 1.29 is 9.18 Å². The highest BCUT2D eigenvalue weighted by molar-refractivity contribution is 5.99. The third-order valence-corrected chi connectivity index (χ3v) is 4.57. The standard InChI is InChI=1S/C16H24FN3O/c1-20(2)16(8-4-3-5-9-16)11-19-15(21)13-7-6-12(17)10-14(13)18/h6-7,10H,3-5,8-9,11,18H2,1-2H3,(H,19,21). The van der Waals surface area contributed by atoms with Gasteiger partial charge in [-0.05, 0) is 45.1 Å². The van der Waals surface area contributed by atoms with Gasteiger partial charge in [-0.2, -0.15) is 0 Å². The summed E-state index contributed by atoms with van der Waals surface area (Å²) in [6.45, 7) is 0.593. The predicted octanol–water partition coefficient (Wildman–Crippen LogP) is 2.40. The second-order valence-electron chi connectivity index (χ2n) is 6.09. The van der Waals surface area contributed by atoms with Gasteiger partial charge in [-0.15, -0.1) is 0 Å². The molecule has 0 heterocycles. The molecule has 1 aromatic rings. The topological polar surface area (TPSA) is 58.4 Å². The second kappa shape index (κ2) is 6.43. The number of benzene rings is 1. The fraction of sp³-hybridized carbons (Fsp3) is 0.562. The highest BCUT2D eigenvalue weighted by Crippen LogP contribution is 2.31. The third-order valence-electron chi connectivity index (χ3n) is 4.57. The molecule has 0 aliphatic heterocycles. The minimum Gasteiger partial charge on any atom is -0.398 e. The fourth-order valence-corrected chi connectivity index (χ4v) is 3.07. The van der Waals surface area contributed by atoms with Gasteiger partial charge in [0.25, 0.3) is 5.91 Å². The number of nitrogens with two attached hydrogens (primary N) is 1. The highest BCUT2D eigenvalue weighted by atomic mass is 19.1. The largest absolute Gasteiger partial charge is 0.398 e. The van der Waals surface area contributed by atoms with E-state index in [1.165, 1.54) is 37.5 Å². The average Bonchev–Trinajstić information content (AvgIpc) is 2.45. The van der Waals surface area contributed by atoms with Crippen LogP contribution in [-0.2, 0) is 0 Å². The van der Waals surface area contributed by atoms with E-state index >= 15 is 0 Å². The molecule has 1 aromatic carbocycles. The number of carbonyl (C=O) groups excluding carboxylic acids is 1. The van der Waals surface area contributed by atoms with Gasteiger partial charge in [0.1, 0.15) is 5.82 Å². The molecule has 1 aliphatic carbocycles. The van der Waals surface area contributed by atoms with Crippen LogP contribution in [0.3, 0.4) is 0 Å². The minimum absolute atomic E-state index is 0.0166. The van der Waals surface area contributed by atoms with E-state index in [1.807, 2.05) is 0 Å². The van der Waals surface area contributed by atoms with Crippen molar-refractivity contribution in [1.82, 2.24) is 10.2 Å². The molecule has 116 valence electrons. The van der Waals surface area contributed by atoms with E-state index in [0.29, 0.717) is 12.1 Å². The summed E-state index contributed by atoms with van der Waals surface area (Å²) in [5, 5.41) is 2.97. The second-order valence-corrected chi connectivity index (χ2v) is 6.09. The van der Waals surface area contributed by atoms with Gasteiger partial charge < -0.3 is 16.0 Å². The van der Waals surface area contributed by atoms with Crippen LogP contribution in [0.5, 0.6) is 0 Å². The number of amides is 1. The van der Waals surface area contributed by atoms with Crippen molar-refractivity contribution >= 4 is 11.6 Å². The molecule has 4 nitrogen and oxygen atoms in total. The lowest BCUT2D eigenvalue weighted by molar-refractivity contribution is 0.0800. The molecule has 0 aromatic heterocycles. The number of likely N-dealkylation sites (N-methyl/N-ethyl adjacent to an activating group) is 1. The first-order valence-electron chi connectivity index (χ1n) is 7.45. The molecule has 1 amide bonds. The van der Waals surface area contributed by atoms with E-state index in [-0.39, 0.29) is 17.1 Å². The quantitative estimate of drug-likeness (QED) is 0.838. The normalized spacial score (nSPS) is 17.7. The van der Waals surface area contributed by atoms with Gasteiger partial charge in [-0.3, -0.25) is 4.79 Å². The first kappa shape index (κ1) is 15.8. The lowest BCUT2D eigenvalue weighted by Gasteiger charge is -2.43. The van der Waals surface area contributed by atoms with Crippen LogP contribution in [0.25, 0.3) is 0 Å². The minimum atomic E-state index is -0.430. The van der Waals surface area contributed by atoms with Crippen molar-refractivity contribution in [2.24, 2.45) is 0 Å². The Balaban J connectivity index is 2.05. The number of rotatable bonds is 4. The SMILES string of the molecule is CN(C)C1(CNC(=O)c2ccc(F)cc2N)CCCCC1. The van der Waals surface area contributed by atoms with E-state index in [2.05, 4.69) is 24.3 Å². The molecule has 1 aliphatic rings. The maximum Gasteiger partial charge on any atom is 0.253 e. The number of nitrogens with one attached hydrogen (secondary N) is 1. The van der Waals surface area contributed by atoms with Gasteiger partial charge in [-0.25, -0.2) is 4.39 Å². The average molecular weight is 293 g/mol. The molecule has 1 saturated carbocycles. The van der Waals surface area contributed by atoms with Gasteiger partial charge in [0.15, 0.2) is 0 Å². The molecular weight excluding hydrogens is 269 g/mol. The number of nitrogen functional groups attached to an aromatic ring is 1. The van der Waals surface area contributed by atoms with E-state index in [9.17, 15) is 9.18 Å². The molecule has 2 rings (SSSR count). The van der Waals surface area contributed by atoms with Crippen LogP contribution < -0.4 is 11.1 Å². The zero-order valence-corrected chi connectivity index (χ0v) is 12.8. The molecular formula is C16H24FN3O. The summed E-state index contributed by atoms with van der Waals surface area (Å²) in [5.41, 5.74) is 6.24. The molecule has 21 heavy (non-hydrogen) atoms. The van der Waals surface area contributed by atoms with Gasteiger partial charge in [0.05, 0.1) is 5.56 Å². The summed E-state index contributed by atoms with van der Waals surface area (Å²) < 4.78 is 13.0. The van der Waals surface area contributed by atoms with E-state index < -0.39 is 5.82 Å². The van der Waals surface area contributed by atoms with E-state index in [1.54, 1.807) is 0 Å². The Bertz CT molecular complexity index is 510. The summed E-state index contributed by atoms with van der Waals surface area (Å²) in [6, 6.07) is 3.87. The number of halogens is 1. The maximum absolute atomic E-state index is 13.0. The summed E-state index contributed by atoms with van der Waals surface area (Å²) in [4.78, 5) is 14.5. The number of anilines is 1. The Hall–Kier alpha value is -1.62. The predicted molar refractivity (Wildman–Crippen MR) is 82.6 cm³/mol.